The third kappa shape index (κ3) is 2.37. The lowest BCUT2D eigenvalue weighted by atomic mass is 9.86. The summed E-state index contributed by atoms with van der Waals surface area (Å²) in [6.45, 7) is 0.817. The summed E-state index contributed by atoms with van der Waals surface area (Å²) >= 11 is 0. The van der Waals surface area contributed by atoms with Crippen LogP contribution in [-0.4, -0.2) is 41.1 Å². The van der Waals surface area contributed by atoms with Gasteiger partial charge in [-0.1, -0.05) is 6.92 Å². The van der Waals surface area contributed by atoms with E-state index >= 15 is 0 Å². The van der Waals surface area contributed by atoms with Crippen molar-refractivity contribution in [2.75, 3.05) is 13.1 Å². The van der Waals surface area contributed by atoms with E-state index in [2.05, 4.69) is 0 Å². The minimum atomic E-state index is -4.83. The fraction of sp³-hybridized carbons (Fsp3) is 0.800. The van der Waals surface area contributed by atoms with Crippen LogP contribution in [0.5, 0.6) is 0 Å². The highest BCUT2D eigenvalue weighted by atomic mass is 19.4. The number of alkyl halides is 3. The highest BCUT2D eigenvalue weighted by Crippen LogP contribution is 2.45. The maximum absolute atomic E-state index is 12.8. The number of carboxylic acid groups (broad SMARTS) is 1. The minimum Gasteiger partial charge on any atom is -0.481 e. The van der Waals surface area contributed by atoms with Crippen molar-refractivity contribution in [3.63, 3.8) is 0 Å². The molecule has 1 fully saturated rings. The number of rotatable bonds is 3. The Hall–Kier alpha value is -1.27. The summed E-state index contributed by atoms with van der Waals surface area (Å²) < 4.78 is 38.3. The smallest absolute Gasteiger partial charge is 0.406 e. The molecule has 0 aromatic rings. The molecule has 0 radical (unpaired) electrons. The third-order valence-corrected chi connectivity index (χ3v) is 3.04. The maximum Gasteiger partial charge on any atom is 0.406 e. The summed E-state index contributed by atoms with van der Waals surface area (Å²) in [5.41, 5.74) is -2.80. The van der Waals surface area contributed by atoms with Crippen molar-refractivity contribution in [3.05, 3.63) is 0 Å². The van der Waals surface area contributed by atoms with E-state index in [1.54, 1.807) is 6.92 Å². The zero-order valence-corrected chi connectivity index (χ0v) is 9.38. The van der Waals surface area contributed by atoms with Crippen LogP contribution in [0.1, 0.15) is 26.2 Å². The average Bonchev–Trinajstić information content (AvgIpc) is 2.62. The van der Waals surface area contributed by atoms with E-state index in [1.807, 2.05) is 0 Å². The zero-order chi connectivity index (χ0) is 13.3. The molecular weight excluding hydrogens is 239 g/mol. The Bertz CT molecular complexity index is 329. The first-order valence-corrected chi connectivity index (χ1v) is 5.32. The van der Waals surface area contributed by atoms with Gasteiger partial charge in [-0.25, -0.2) is 0 Å². The van der Waals surface area contributed by atoms with Crippen molar-refractivity contribution in [3.8, 4) is 0 Å². The van der Waals surface area contributed by atoms with Crippen LogP contribution in [0.2, 0.25) is 0 Å². The zero-order valence-electron chi connectivity index (χ0n) is 9.38. The van der Waals surface area contributed by atoms with Gasteiger partial charge in [0.15, 0.2) is 5.41 Å². The molecule has 1 aliphatic heterocycles. The number of carbonyl (C=O) groups is 2. The SMILES string of the molecule is CCCC(=O)N1CCC(C(=O)O)(C(F)(F)F)C1. The molecule has 1 rings (SSSR count). The van der Waals surface area contributed by atoms with Gasteiger partial charge in [-0.15, -0.1) is 0 Å². The number of hydrogen-bond acceptors (Lipinski definition) is 2. The molecule has 17 heavy (non-hydrogen) atoms. The van der Waals surface area contributed by atoms with Crippen LogP contribution in [0.3, 0.4) is 0 Å². The second-order valence-corrected chi connectivity index (χ2v) is 4.20. The quantitative estimate of drug-likeness (QED) is 0.832. The van der Waals surface area contributed by atoms with E-state index in [0.29, 0.717) is 6.42 Å². The fourth-order valence-corrected chi connectivity index (χ4v) is 1.92. The Balaban J connectivity index is 2.87. The first-order chi connectivity index (χ1) is 7.74. The van der Waals surface area contributed by atoms with Crippen LogP contribution in [-0.2, 0) is 9.59 Å². The fourth-order valence-electron chi connectivity index (χ4n) is 1.92. The first-order valence-electron chi connectivity index (χ1n) is 5.32. The van der Waals surface area contributed by atoms with Gasteiger partial charge in [0, 0.05) is 19.5 Å². The lowest BCUT2D eigenvalue weighted by molar-refractivity contribution is -0.227. The molecule has 1 aliphatic rings. The molecule has 0 aromatic heterocycles. The van der Waals surface area contributed by atoms with Crippen molar-refractivity contribution >= 4 is 11.9 Å². The molecule has 7 heteroatoms. The molecule has 0 saturated carbocycles. The van der Waals surface area contributed by atoms with E-state index in [4.69, 9.17) is 5.11 Å². The lowest BCUT2D eigenvalue weighted by Crippen LogP contribution is -2.47. The van der Waals surface area contributed by atoms with Crippen LogP contribution < -0.4 is 0 Å². The molecule has 0 bridgehead atoms. The number of halogens is 3. The Morgan fingerprint density at radius 3 is 2.35 bits per heavy atom. The number of aliphatic carboxylic acids is 1. The summed E-state index contributed by atoms with van der Waals surface area (Å²) in [6, 6.07) is 0. The minimum absolute atomic E-state index is 0.146. The molecule has 0 spiro atoms. The number of likely N-dealkylation sites (tertiary alicyclic amines) is 1. The van der Waals surface area contributed by atoms with E-state index in [-0.39, 0.29) is 13.0 Å². The first kappa shape index (κ1) is 13.8. The van der Waals surface area contributed by atoms with Crippen molar-refractivity contribution in [1.82, 2.24) is 4.90 Å². The second-order valence-electron chi connectivity index (χ2n) is 4.20. The molecule has 98 valence electrons. The topological polar surface area (TPSA) is 57.6 Å². The number of amides is 1. The molecule has 1 saturated heterocycles. The summed E-state index contributed by atoms with van der Waals surface area (Å²) in [7, 11) is 0. The van der Waals surface area contributed by atoms with Crippen LogP contribution in [0, 0.1) is 5.41 Å². The molecule has 1 heterocycles. The van der Waals surface area contributed by atoms with Crippen LogP contribution in [0.25, 0.3) is 0 Å². The number of hydrogen-bond donors (Lipinski definition) is 1. The molecule has 0 aromatic carbocycles. The molecule has 1 amide bonds. The Morgan fingerprint density at radius 1 is 1.41 bits per heavy atom. The summed E-state index contributed by atoms with van der Waals surface area (Å²) in [6.07, 6.45) is -4.73. The maximum atomic E-state index is 12.8. The standard InChI is InChI=1S/C10H14F3NO3/c1-2-3-7(15)14-5-4-9(6-14,8(16)17)10(11,12)13/h2-6H2,1H3,(H,16,17). The molecule has 1 unspecified atom stereocenters. The lowest BCUT2D eigenvalue weighted by Gasteiger charge is -2.27. The van der Waals surface area contributed by atoms with Gasteiger partial charge < -0.3 is 10.0 Å². The van der Waals surface area contributed by atoms with E-state index in [1.165, 1.54) is 0 Å². The highest BCUT2D eigenvalue weighted by Gasteiger charge is 2.64. The Morgan fingerprint density at radius 2 is 2.00 bits per heavy atom. The van der Waals surface area contributed by atoms with Gasteiger partial charge in [0.05, 0.1) is 0 Å². The van der Waals surface area contributed by atoms with Gasteiger partial charge in [0.25, 0.3) is 0 Å². The average molecular weight is 253 g/mol. The highest BCUT2D eigenvalue weighted by molar-refractivity contribution is 5.81. The summed E-state index contributed by atoms with van der Waals surface area (Å²) in [5, 5.41) is 8.77. The van der Waals surface area contributed by atoms with Gasteiger partial charge in [0.2, 0.25) is 5.91 Å². The van der Waals surface area contributed by atoms with E-state index in [9.17, 15) is 22.8 Å². The predicted octanol–water partition coefficient (Wildman–Crippen LogP) is 1.65. The van der Waals surface area contributed by atoms with E-state index < -0.39 is 36.4 Å². The Labute approximate surface area is 96.4 Å². The second kappa shape index (κ2) is 4.54. The predicted molar refractivity (Wildman–Crippen MR) is 52.2 cm³/mol. The number of carboxylic acids is 1. The van der Waals surface area contributed by atoms with Crippen molar-refractivity contribution < 1.29 is 27.9 Å². The van der Waals surface area contributed by atoms with Crippen LogP contribution >= 0.6 is 0 Å². The van der Waals surface area contributed by atoms with Crippen molar-refractivity contribution in [1.29, 1.82) is 0 Å². The normalized spacial score (nSPS) is 25.1. The molecule has 4 nitrogen and oxygen atoms in total. The summed E-state index contributed by atoms with van der Waals surface area (Å²) in [4.78, 5) is 23.3. The molecule has 1 atom stereocenters. The van der Waals surface area contributed by atoms with Gasteiger partial charge in [-0.05, 0) is 12.8 Å². The molecule has 0 aliphatic carbocycles. The summed E-state index contributed by atoms with van der Waals surface area (Å²) in [5.74, 6) is -2.32. The molecular formula is C10H14F3NO3. The molecule has 1 N–H and O–H groups in total. The monoisotopic (exact) mass is 253 g/mol. The Kier molecular flexibility index (Phi) is 3.68. The number of nitrogens with zero attached hydrogens (tertiary/aromatic N) is 1. The van der Waals surface area contributed by atoms with Crippen molar-refractivity contribution in [2.24, 2.45) is 5.41 Å². The number of carbonyl (C=O) groups excluding carboxylic acids is 1. The van der Waals surface area contributed by atoms with Crippen LogP contribution in [0.4, 0.5) is 13.2 Å². The van der Waals surface area contributed by atoms with Gasteiger partial charge in [-0.3, -0.25) is 9.59 Å². The van der Waals surface area contributed by atoms with E-state index in [0.717, 1.165) is 4.90 Å². The van der Waals surface area contributed by atoms with Gasteiger partial charge in [-0.2, -0.15) is 13.2 Å². The largest absolute Gasteiger partial charge is 0.481 e. The van der Waals surface area contributed by atoms with Gasteiger partial charge >= 0.3 is 12.1 Å². The van der Waals surface area contributed by atoms with Crippen molar-refractivity contribution in [2.45, 2.75) is 32.4 Å². The van der Waals surface area contributed by atoms with Gasteiger partial charge in [0.1, 0.15) is 0 Å². The van der Waals surface area contributed by atoms with Crippen LogP contribution in [0.15, 0.2) is 0 Å². The third-order valence-electron chi connectivity index (χ3n) is 3.04.